The number of ketones is 1. The third kappa shape index (κ3) is 4.53. The molecule has 0 atom stereocenters. The Kier molecular flexibility index (Phi) is 5.61. The Morgan fingerprint density at radius 3 is 2.77 bits per heavy atom. The van der Waals surface area contributed by atoms with Crippen LogP contribution >= 0.6 is 0 Å². The Morgan fingerprint density at radius 1 is 1.23 bits per heavy atom. The molecule has 9 nitrogen and oxygen atoms in total. The van der Waals surface area contributed by atoms with E-state index in [1.807, 2.05) is 0 Å². The second-order valence-corrected chi connectivity index (χ2v) is 6.68. The predicted molar refractivity (Wildman–Crippen MR) is 107 cm³/mol. The largest absolute Gasteiger partial charge is 0.413 e. The molecule has 4 rings (SSSR count). The smallest absolute Gasteiger partial charge is 0.393 e. The van der Waals surface area contributed by atoms with Gasteiger partial charge in [-0.2, -0.15) is 0 Å². The molecule has 3 aromatic heterocycles. The summed E-state index contributed by atoms with van der Waals surface area (Å²) >= 11 is 0. The number of aryl methyl sites for hydroxylation is 1. The minimum absolute atomic E-state index is 0.109. The van der Waals surface area contributed by atoms with E-state index in [4.69, 9.17) is 9.26 Å². The number of hydrogen-bond acceptors (Lipinski definition) is 6. The number of carbonyl (C=O) groups is 2. The number of carbonyl (C=O) groups excluding carboxylic acids is 2. The fraction of sp³-hybridized carbons (Fsp3) is 0.143. The molecular weight excluding hydrogens is 405 g/mol. The maximum atomic E-state index is 13.2. The van der Waals surface area contributed by atoms with Gasteiger partial charge in [-0.25, -0.2) is 14.2 Å². The summed E-state index contributed by atoms with van der Waals surface area (Å²) in [5.74, 6) is -0.336. The van der Waals surface area contributed by atoms with Gasteiger partial charge < -0.3 is 24.5 Å². The number of rotatable bonds is 7. The van der Waals surface area contributed by atoms with Crippen LogP contribution in [0, 0.1) is 12.7 Å². The molecule has 0 radical (unpaired) electrons. The van der Waals surface area contributed by atoms with Crippen molar-refractivity contribution in [2.45, 2.75) is 13.3 Å². The monoisotopic (exact) mass is 423 g/mol. The topological polar surface area (TPSA) is 126 Å². The van der Waals surface area contributed by atoms with Crippen molar-refractivity contribution in [1.29, 1.82) is 0 Å². The molecule has 0 aliphatic rings. The highest BCUT2D eigenvalue weighted by molar-refractivity contribution is 6.13. The van der Waals surface area contributed by atoms with Gasteiger partial charge in [0.15, 0.2) is 0 Å². The summed E-state index contributed by atoms with van der Waals surface area (Å²) in [5.41, 5.74) is 2.18. The van der Waals surface area contributed by atoms with E-state index >= 15 is 0 Å². The van der Waals surface area contributed by atoms with Crippen molar-refractivity contribution >= 4 is 11.9 Å². The molecule has 3 N–H and O–H groups in total. The van der Waals surface area contributed by atoms with E-state index in [9.17, 15) is 14.0 Å². The second kappa shape index (κ2) is 8.66. The number of ether oxygens (including phenoxy) is 1. The highest BCUT2D eigenvalue weighted by Gasteiger charge is 2.24. The number of hydrogen-bond donors (Lipinski definition) is 3. The second-order valence-electron chi connectivity index (χ2n) is 6.68. The van der Waals surface area contributed by atoms with E-state index in [2.05, 4.69) is 25.4 Å². The molecule has 3 heterocycles. The lowest BCUT2D eigenvalue weighted by atomic mass is 10.00. The molecule has 0 fully saturated rings. The van der Waals surface area contributed by atoms with Crippen LogP contribution in [-0.2, 0) is 6.42 Å². The van der Waals surface area contributed by atoms with Crippen LogP contribution in [-0.4, -0.2) is 38.5 Å². The molecule has 0 spiro atoms. The molecule has 0 bridgehead atoms. The third-order valence-electron chi connectivity index (χ3n) is 4.53. The lowest BCUT2D eigenvalue weighted by Gasteiger charge is -2.03. The van der Waals surface area contributed by atoms with E-state index in [-0.39, 0.29) is 22.8 Å². The van der Waals surface area contributed by atoms with Gasteiger partial charge in [0.1, 0.15) is 17.3 Å². The van der Waals surface area contributed by atoms with Gasteiger partial charge in [-0.05, 0) is 31.2 Å². The standard InChI is InChI=1S/C21H18FN5O4/c1-12-18(19(27-31-12)13-2-4-15(22)5-3-13)20(28)14-8-17(25-9-14)30-21(29)24-7-6-16-10-23-11-26-16/h2-5,8-11,25H,6-7H2,1H3,(H,23,26)(H,24,29). The van der Waals surface area contributed by atoms with Crippen molar-refractivity contribution in [3.8, 4) is 17.1 Å². The maximum Gasteiger partial charge on any atom is 0.413 e. The summed E-state index contributed by atoms with van der Waals surface area (Å²) in [7, 11) is 0. The lowest BCUT2D eigenvalue weighted by Crippen LogP contribution is -2.28. The predicted octanol–water partition coefficient (Wildman–Crippen LogP) is 3.40. The van der Waals surface area contributed by atoms with Crippen LogP contribution < -0.4 is 10.1 Å². The third-order valence-corrected chi connectivity index (χ3v) is 4.53. The van der Waals surface area contributed by atoms with Crippen LogP contribution in [0.4, 0.5) is 9.18 Å². The summed E-state index contributed by atoms with van der Waals surface area (Å²) in [6, 6.07) is 7.00. The highest BCUT2D eigenvalue weighted by Crippen LogP contribution is 2.28. The van der Waals surface area contributed by atoms with Gasteiger partial charge in [0.25, 0.3) is 0 Å². The highest BCUT2D eigenvalue weighted by atomic mass is 19.1. The first kappa shape index (κ1) is 20.1. The van der Waals surface area contributed by atoms with Crippen molar-refractivity contribution in [1.82, 2.24) is 25.4 Å². The van der Waals surface area contributed by atoms with Crippen LogP contribution in [0.3, 0.4) is 0 Å². The number of nitrogens with one attached hydrogen (secondary N) is 3. The minimum Gasteiger partial charge on any atom is -0.393 e. The number of aromatic nitrogens is 4. The molecule has 0 unspecified atom stereocenters. The molecule has 1 amide bonds. The van der Waals surface area contributed by atoms with Crippen molar-refractivity contribution in [2.75, 3.05) is 6.54 Å². The summed E-state index contributed by atoms with van der Waals surface area (Å²) in [5, 5.41) is 6.55. The van der Waals surface area contributed by atoms with Gasteiger partial charge in [-0.15, -0.1) is 0 Å². The summed E-state index contributed by atoms with van der Waals surface area (Å²) in [6.07, 6.45) is 4.61. The average molecular weight is 423 g/mol. The van der Waals surface area contributed by atoms with E-state index in [1.54, 1.807) is 19.4 Å². The van der Waals surface area contributed by atoms with Gasteiger partial charge in [0, 0.05) is 42.6 Å². The Labute approximate surface area is 175 Å². The van der Waals surface area contributed by atoms with Crippen LogP contribution in [0.15, 0.2) is 53.6 Å². The van der Waals surface area contributed by atoms with E-state index in [0.29, 0.717) is 30.0 Å². The molecule has 158 valence electrons. The summed E-state index contributed by atoms with van der Waals surface area (Å²) in [6.45, 7) is 1.96. The Hall–Kier alpha value is -4.21. The molecule has 0 saturated carbocycles. The number of H-pyrrole nitrogens is 2. The zero-order valence-corrected chi connectivity index (χ0v) is 16.4. The molecular formula is C21H18FN5O4. The molecule has 0 aliphatic carbocycles. The number of aromatic amines is 2. The molecule has 1 aromatic carbocycles. The zero-order valence-electron chi connectivity index (χ0n) is 16.4. The van der Waals surface area contributed by atoms with Gasteiger partial charge in [-0.1, -0.05) is 5.16 Å². The van der Waals surface area contributed by atoms with Crippen molar-refractivity contribution in [2.24, 2.45) is 0 Å². The quantitative estimate of drug-likeness (QED) is 0.391. The number of nitrogens with zero attached hydrogens (tertiary/aromatic N) is 2. The zero-order chi connectivity index (χ0) is 21.8. The van der Waals surface area contributed by atoms with Gasteiger partial charge in [0.05, 0.1) is 17.6 Å². The molecule has 10 heteroatoms. The van der Waals surface area contributed by atoms with Crippen molar-refractivity contribution < 1.29 is 23.2 Å². The van der Waals surface area contributed by atoms with Crippen molar-refractivity contribution in [3.05, 3.63) is 77.5 Å². The Morgan fingerprint density at radius 2 is 2.03 bits per heavy atom. The van der Waals surface area contributed by atoms with E-state index in [1.165, 1.54) is 36.5 Å². The fourth-order valence-electron chi connectivity index (χ4n) is 3.01. The van der Waals surface area contributed by atoms with E-state index < -0.39 is 11.9 Å². The summed E-state index contributed by atoms with van der Waals surface area (Å²) < 4.78 is 23.6. The van der Waals surface area contributed by atoms with Crippen LogP contribution in [0.5, 0.6) is 5.88 Å². The molecule has 0 saturated heterocycles. The van der Waals surface area contributed by atoms with Crippen LogP contribution in [0.2, 0.25) is 0 Å². The first-order valence-electron chi connectivity index (χ1n) is 9.40. The fourth-order valence-corrected chi connectivity index (χ4v) is 3.01. The maximum absolute atomic E-state index is 13.2. The number of imidazole rings is 1. The van der Waals surface area contributed by atoms with Crippen molar-refractivity contribution in [3.63, 3.8) is 0 Å². The van der Waals surface area contributed by atoms with Crippen LogP contribution in [0.1, 0.15) is 27.4 Å². The van der Waals surface area contributed by atoms with Crippen LogP contribution in [0.25, 0.3) is 11.3 Å². The SMILES string of the molecule is Cc1onc(-c2ccc(F)cc2)c1C(=O)c1c[nH]c(OC(=O)NCCc2c[nH]cn2)c1. The average Bonchev–Trinajstić information content (AvgIpc) is 3.50. The number of benzene rings is 1. The van der Waals surface area contributed by atoms with E-state index in [0.717, 1.165) is 5.69 Å². The molecule has 4 aromatic rings. The Bertz CT molecular complexity index is 1200. The number of amides is 1. The Balaban J connectivity index is 1.43. The lowest BCUT2D eigenvalue weighted by molar-refractivity contribution is 0.103. The van der Waals surface area contributed by atoms with Gasteiger partial charge in [0.2, 0.25) is 11.7 Å². The minimum atomic E-state index is -0.662. The summed E-state index contributed by atoms with van der Waals surface area (Å²) in [4.78, 5) is 34.6. The first-order valence-corrected chi connectivity index (χ1v) is 9.40. The van der Waals surface area contributed by atoms with Gasteiger partial charge in [-0.3, -0.25) is 4.79 Å². The first-order chi connectivity index (χ1) is 15.0. The number of halogens is 1. The normalized spacial score (nSPS) is 10.8. The van der Waals surface area contributed by atoms with Gasteiger partial charge >= 0.3 is 6.09 Å². The molecule has 0 aliphatic heterocycles. The molecule has 31 heavy (non-hydrogen) atoms.